The molecule has 3 aromatic rings. The van der Waals surface area contributed by atoms with Crippen molar-refractivity contribution in [2.45, 2.75) is 19.1 Å². The number of carbonyl (C=O) groups is 1. The predicted octanol–water partition coefficient (Wildman–Crippen LogP) is 4.57. The summed E-state index contributed by atoms with van der Waals surface area (Å²) < 4.78 is 28.4. The van der Waals surface area contributed by atoms with E-state index in [9.17, 15) is 18.3 Å². The first-order valence-corrected chi connectivity index (χ1v) is 14.3. The van der Waals surface area contributed by atoms with Crippen LogP contribution in [0.2, 0.25) is 10.0 Å². The van der Waals surface area contributed by atoms with Gasteiger partial charge < -0.3 is 10.4 Å². The molecule has 0 aromatic heterocycles. The molecule has 10 heteroatoms. The van der Waals surface area contributed by atoms with E-state index in [2.05, 4.69) is 14.9 Å². The lowest BCUT2D eigenvalue weighted by atomic mass is 9.91. The van der Waals surface area contributed by atoms with Gasteiger partial charge in [-0.1, -0.05) is 53.5 Å². The normalized spacial score (nSPS) is 15.3. The second kappa shape index (κ2) is 11.8. The van der Waals surface area contributed by atoms with Crippen LogP contribution in [0.3, 0.4) is 0 Å². The van der Waals surface area contributed by atoms with Crippen LogP contribution in [0.5, 0.6) is 0 Å². The highest BCUT2D eigenvalue weighted by Gasteiger charge is 2.36. The molecule has 4 rings (SSSR count). The summed E-state index contributed by atoms with van der Waals surface area (Å²) in [7, 11) is -3.64. The third-order valence-electron chi connectivity index (χ3n) is 6.13. The number of nitrogens with zero attached hydrogens (tertiary/aromatic N) is 1. The van der Waals surface area contributed by atoms with Gasteiger partial charge in [-0.15, -0.1) is 0 Å². The fourth-order valence-corrected chi connectivity index (χ4v) is 6.08. The minimum Gasteiger partial charge on any atom is -0.392 e. The SMILES string of the molecule is CC(O)CNC(=O)c1cccc(NS(=O)(=O)CC2CN(C(c3ccc(Cl)cc3)c3ccc(Cl)cc3)C2)c1. The van der Waals surface area contributed by atoms with Crippen molar-refractivity contribution in [1.82, 2.24) is 10.2 Å². The minimum absolute atomic E-state index is 0.0318. The Labute approximate surface area is 227 Å². The molecule has 1 unspecified atom stereocenters. The number of rotatable bonds is 10. The van der Waals surface area contributed by atoms with Gasteiger partial charge in [0.2, 0.25) is 10.0 Å². The van der Waals surface area contributed by atoms with E-state index < -0.39 is 16.1 Å². The summed E-state index contributed by atoms with van der Waals surface area (Å²) in [6.07, 6.45) is -0.674. The number of nitrogens with one attached hydrogen (secondary N) is 2. The maximum Gasteiger partial charge on any atom is 0.251 e. The molecule has 1 fully saturated rings. The van der Waals surface area contributed by atoms with Crippen molar-refractivity contribution in [2.24, 2.45) is 5.92 Å². The first-order chi connectivity index (χ1) is 17.6. The highest BCUT2D eigenvalue weighted by molar-refractivity contribution is 7.92. The summed E-state index contributed by atoms with van der Waals surface area (Å²) in [5, 5.41) is 13.3. The zero-order valence-electron chi connectivity index (χ0n) is 20.3. The van der Waals surface area contributed by atoms with Crippen molar-refractivity contribution in [3.05, 3.63) is 99.5 Å². The van der Waals surface area contributed by atoms with E-state index in [1.165, 1.54) is 6.07 Å². The molecule has 0 saturated carbocycles. The Morgan fingerprint density at radius 1 is 1.00 bits per heavy atom. The zero-order chi connectivity index (χ0) is 26.6. The van der Waals surface area contributed by atoms with E-state index in [1.807, 2.05) is 48.5 Å². The molecule has 0 radical (unpaired) electrons. The molecular formula is C27H29Cl2N3O4S. The van der Waals surface area contributed by atoms with Gasteiger partial charge in [-0.25, -0.2) is 8.42 Å². The molecule has 7 nitrogen and oxygen atoms in total. The lowest BCUT2D eigenvalue weighted by Gasteiger charge is -2.44. The lowest BCUT2D eigenvalue weighted by Crippen LogP contribution is -2.51. The van der Waals surface area contributed by atoms with Crippen molar-refractivity contribution >= 4 is 44.8 Å². The summed E-state index contributed by atoms with van der Waals surface area (Å²) >= 11 is 12.2. The number of aliphatic hydroxyl groups is 1. The average molecular weight is 563 g/mol. The van der Waals surface area contributed by atoms with Crippen LogP contribution in [-0.2, 0) is 10.0 Å². The maximum atomic E-state index is 12.9. The predicted molar refractivity (Wildman–Crippen MR) is 148 cm³/mol. The van der Waals surface area contributed by atoms with Crippen LogP contribution in [0.4, 0.5) is 5.69 Å². The number of likely N-dealkylation sites (tertiary alicyclic amines) is 1. The standard InChI is InChI=1S/C27H29Cl2N3O4S/c1-18(33)14-30-27(34)22-3-2-4-25(13-22)31-37(35,36)17-19-15-32(16-19)26(20-5-9-23(28)10-6-20)21-7-11-24(29)12-8-21/h2-13,18-19,26,31,33H,14-17H2,1H3,(H,30,34). The van der Waals surface area contributed by atoms with Crippen LogP contribution in [0.1, 0.15) is 34.5 Å². The number of halogens is 2. The average Bonchev–Trinajstić information content (AvgIpc) is 2.83. The summed E-state index contributed by atoms with van der Waals surface area (Å²) in [6, 6.07) is 21.6. The Balaban J connectivity index is 1.40. The molecule has 1 saturated heterocycles. The lowest BCUT2D eigenvalue weighted by molar-refractivity contribution is 0.0813. The molecule has 3 aromatic carbocycles. The smallest absolute Gasteiger partial charge is 0.251 e. The van der Waals surface area contributed by atoms with Gasteiger partial charge in [0.15, 0.2) is 0 Å². The Morgan fingerprint density at radius 2 is 1.57 bits per heavy atom. The van der Waals surface area contributed by atoms with E-state index in [-0.39, 0.29) is 30.2 Å². The number of benzene rings is 3. The second-order valence-corrected chi connectivity index (χ2v) is 12.0. The molecule has 196 valence electrons. The van der Waals surface area contributed by atoms with Crippen molar-refractivity contribution in [2.75, 3.05) is 30.1 Å². The van der Waals surface area contributed by atoms with Gasteiger partial charge in [0, 0.05) is 46.8 Å². The third-order valence-corrected chi connectivity index (χ3v) is 8.09. The Morgan fingerprint density at radius 3 is 2.11 bits per heavy atom. The molecule has 1 amide bonds. The number of hydrogen-bond acceptors (Lipinski definition) is 5. The van der Waals surface area contributed by atoms with Gasteiger partial charge in [0.25, 0.3) is 5.91 Å². The number of amides is 1. The molecule has 37 heavy (non-hydrogen) atoms. The molecule has 1 atom stereocenters. The van der Waals surface area contributed by atoms with Gasteiger partial charge in [-0.05, 0) is 60.5 Å². The van der Waals surface area contributed by atoms with E-state index in [0.717, 1.165) is 11.1 Å². The first-order valence-electron chi connectivity index (χ1n) is 11.9. The number of carbonyl (C=O) groups excluding carboxylic acids is 1. The van der Waals surface area contributed by atoms with E-state index in [0.29, 0.717) is 34.4 Å². The van der Waals surface area contributed by atoms with E-state index in [1.54, 1.807) is 25.1 Å². The van der Waals surface area contributed by atoms with Crippen LogP contribution in [-0.4, -0.2) is 55.8 Å². The number of hydrogen-bond donors (Lipinski definition) is 3. The fourth-order valence-electron chi connectivity index (χ4n) is 4.43. The van der Waals surface area contributed by atoms with Gasteiger partial charge in [0.1, 0.15) is 0 Å². The highest BCUT2D eigenvalue weighted by atomic mass is 35.5. The molecule has 1 aliphatic rings. The van der Waals surface area contributed by atoms with Crippen LogP contribution >= 0.6 is 23.2 Å². The highest BCUT2D eigenvalue weighted by Crippen LogP contribution is 2.35. The maximum absolute atomic E-state index is 12.9. The van der Waals surface area contributed by atoms with Crippen LogP contribution < -0.4 is 10.0 Å². The van der Waals surface area contributed by atoms with Crippen molar-refractivity contribution in [3.63, 3.8) is 0 Å². The van der Waals surface area contributed by atoms with Crippen molar-refractivity contribution < 1.29 is 18.3 Å². The van der Waals surface area contributed by atoms with Gasteiger partial charge >= 0.3 is 0 Å². The largest absolute Gasteiger partial charge is 0.392 e. The van der Waals surface area contributed by atoms with Gasteiger partial charge in [-0.2, -0.15) is 0 Å². The summed E-state index contributed by atoms with van der Waals surface area (Å²) in [5.41, 5.74) is 2.76. The summed E-state index contributed by atoms with van der Waals surface area (Å²) in [5.74, 6) is -0.459. The summed E-state index contributed by atoms with van der Waals surface area (Å²) in [6.45, 7) is 2.90. The van der Waals surface area contributed by atoms with Gasteiger partial charge in [-0.3, -0.25) is 14.4 Å². The van der Waals surface area contributed by atoms with Crippen LogP contribution in [0.15, 0.2) is 72.8 Å². The molecule has 1 aliphatic heterocycles. The number of sulfonamides is 1. The Hall–Kier alpha value is -2.62. The number of aliphatic hydroxyl groups excluding tert-OH is 1. The quantitative estimate of drug-likeness (QED) is 0.337. The Bertz CT molecular complexity index is 1280. The Kier molecular flexibility index (Phi) is 8.77. The van der Waals surface area contributed by atoms with E-state index in [4.69, 9.17) is 23.2 Å². The molecule has 3 N–H and O–H groups in total. The van der Waals surface area contributed by atoms with Gasteiger partial charge in [0.05, 0.1) is 17.9 Å². The molecule has 1 heterocycles. The van der Waals surface area contributed by atoms with Crippen molar-refractivity contribution in [1.29, 1.82) is 0 Å². The van der Waals surface area contributed by atoms with Crippen LogP contribution in [0, 0.1) is 5.92 Å². The molecular weight excluding hydrogens is 533 g/mol. The van der Waals surface area contributed by atoms with E-state index >= 15 is 0 Å². The number of anilines is 1. The minimum atomic E-state index is -3.64. The summed E-state index contributed by atoms with van der Waals surface area (Å²) in [4.78, 5) is 14.5. The molecule has 0 bridgehead atoms. The van der Waals surface area contributed by atoms with Crippen molar-refractivity contribution in [3.8, 4) is 0 Å². The monoisotopic (exact) mass is 561 g/mol. The molecule has 0 spiro atoms. The fraction of sp³-hybridized carbons (Fsp3) is 0.296. The molecule has 0 aliphatic carbocycles. The first kappa shape index (κ1) is 27.4. The van der Waals surface area contributed by atoms with Crippen LogP contribution in [0.25, 0.3) is 0 Å². The third kappa shape index (κ3) is 7.46. The second-order valence-electron chi connectivity index (χ2n) is 9.35. The topological polar surface area (TPSA) is 98.7 Å². The zero-order valence-corrected chi connectivity index (χ0v) is 22.6.